The third-order valence-electron chi connectivity index (χ3n) is 5.04. The lowest BCUT2D eigenvalue weighted by Gasteiger charge is -2.24. The first kappa shape index (κ1) is 22.9. The molecule has 0 atom stereocenters. The fraction of sp³-hybridized carbons (Fsp3) is 0.200. The Hall–Kier alpha value is -2.82. The number of hydrogen-bond acceptors (Lipinski definition) is 2. The second-order valence-electron chi connectivity index (χ2n) is 7.66. The van der Waals surface area contributed by atoms with Crippen molar-refractivity contribution in [3.63, 3.8) is 0 Å². The topological polar surface area (TPSA) is 57.6 Å². The Morgan fingerprint density at radius 2 is 1.35 bits per heavy atom. The summed E-state index contributed by atoms with van der Waals surface area (Å²) >= 11 is 12.1. The van der Waals surface area contributed by atoms with Crippen molar-refractivity contribution >= 4 is 35.1 Å². The lowest BCUT2D eigenvalue weighted by Crippen LogP contribution is -2.31. The van der Waals surface area contributed by atoms with Gasteiger partial charge in [-0.1, -0.05) is 91.6 Å². The summed E-state index contributed by atoms with van der Waals surface area (Å²) in [5, 5.41) is 9.83. The van der Waals surface area contributed by atoms with E-state index in [2.05, 4.69) is 13.8 Å². The number of hydrogen-bond donors (Lipinski definition) is 1. The fourth-order valence-electron chi connectivity index (χ4n) is 3.30. The number of carbonyl (C=O) groups excluding carboxylic acids is 1. The van der Waals surface area contributed by atoms with Crippen molar-refractivity contribution < 1.29 is 14.7 Å². The van der Waals surface area contributed by atoms with Gasteiger partial charge in [0.1, 0.15) is 0 Å². The lowest BCUT2D eigenvalue weighted by atomic mass is 10.0. The van der Waals surface area contributed by atoms with Gasteiger partial charge in [0.05, 0.1) is 21.2 Å². The normalized spacial score (nSPS) is 10.9. The summed E-state index contributed by atoms with van der Waals surface area (Å²) in [4.78, 5) is 26.9. The number of carboxylic acid groups (broad SMARTS) is 1. The molecule has 0 bridgehead atoms. The van der Waals surface area contributed by atoms with Crippen molar-refractivity contribution in [2.75, 3.05) is 0 Å². The van der Waals surface area contributed by atoms with E-state index in [0.717, 1.165) is 11.1 Å². The van der Waals surface area contributed by atoms with Crippen LogP contribution in [0.1, 0.15) is 57.2 Å². The van der Waals surface area contributed by atoms with Crippen molar-refractivity contribution in [2.45, 2.75) is 32.9 Å². The number of benzene rings is 3. The molecule has 0 saturated heterocycles. The van der Waals surface area contributed by atoms with E-state index in [9.17, 15) is 14.7 Å². The zero-order chi connectivity index (χ0) is 22.5. The Morgan fingerprint density at radius 3 is 1.87 bits per heavy atom. The molecule has 6 heteroatoms. The molecule has 3 rings (SSSR count). The summed E-state index contributed by atoms with van der Waals surface area (Å²) in [5.74, 6) is -1.25. The molecule has 0 aromatic heterocycles. The molecular weight excluding hydrogens is 433 g/mol. The van der Waals surface area contributed by atoms with Crippen LogP contribution in [0.4, 0.5) is 0 Å². The molecule has 1 amide bonds. The number of nitrogens with zero attached hydrogens (tertiary/aromatic N) is 1. The largest absolute Gasteiger partial charge is 0.478 e. The predicted octanol–water partition coefficient (Wildman–Crippen LogP) is 6.66. The molecule has 0 unspecified atom stereocenters. The summed E-state index contributed by atoms with van der Waals surface area (Å²) in [6.07, 6.45) is 0. The molecule has 0 spiro atoms. The van der Waals surface area contributed by atoms with Crippen LogP contribution in [0.3, 0.4) is 0 Å². The van der Waals surface area contributed by atoms with Gasteiger partial charge in [0.25, 0.3) is 5.91 Å². The van der Waals surface area contributed by atoms with E-state index >= 15 is 0 Å². The molecule has 0 fully saturated rings. The van der Waals surface area contributed by atoms with Gasteiger partial charge in [-0.25, -0.2) is 4.79 Å². The van der Waals surface area contributed by atoms with Crippen LogP contribution in [0.5, 0.6) is 0 Å². The molecule has 0 aliphatic rings. The number of carbonyl (C=O) groups is 2. The van der Waals surface area contributed by atoms with Gasteiger partial charge in [0.2, 0.25) is 0 Å². The molecule has 0 heterocycles. The van der Waals surface area contributed by atoms with E-state index < -0.39 is 11.9 Å². The van der Waals surface area contributed by atoms with Crippen molar-refractivity contribution in [1.29, 1.82) is 0 Å². The highest BCUT2D eigenvalue weighted by Crippen LogP contribution is 2.28. The van der Waals surface area contributed by atoms with Crippen LogP contribution in [0, 0.1) is 0 Å². The van der Waals surface area contributed by atoms with Gasteiger partial charge in [0, 0.05) is 13.1 Å². The van der Waals surface area contributed by atoms with Gasteiger partial charge in [0.15, 0.2) is 0 Å². The molecule has 0 aliphatic carbocycles. The highest BCUT2D eigenvalue weighted by Gasteiger charge is 2.24. The Labute approximate surface area is 192 Å². The van der Waals surface area contributed by atoms with E-state index in [4.69, 9.17) is 23.2 Å². The fourth-order valence-corrected chi connectivity index (χ4v) is 3.63. The maximum atomic E-state index is 13.5. The minimum Gasteiger partial charge on any atom is -0.478 e. The highest BCUT2D eigenvalue weighted by atomic mass is 35.5. The molecule has 1 N–H and O–H groups in total. The zero-order valence-electron chi connectivity index (χ0n) is 17.3. The summed E-state index contributed by atoms with van der Waals surface area (Å²) in [7, 11) is 0. The Balaban J connectivity index is 1.99. The van der Waals surface area contributed by atoms with Gasteiger partial charge in [-0.2, -0.15) is 0 Å². The number of aromatic carboxylic acids is 1. The summed E-state index contributed by atoms with van der Waals surface area (Å²) in [5.41, 5.74) is 2.93. The van der Waals surface area contributed by atoms with Crippen LogP contribution in [0.15, 0.2) is 66.7 Å². The number of amides is 1. The summed E-state index contributed by atoms with van der Waals surface area (Å²) in [6, 6.07) is 20.2. The number of rotatable bonds is 7. The van der Waals surface area contributed by atoms with Crippen LogP contribution < -0.4 is 0 Å². The first-order chi connectivity index (χ1) is 14.8. The second kappa shape index (κ2) is 9.99. The van der Waals surface area contributed by atoms with Gasteiger partial charge in [-0.05, 0) is 34.7 Å². The van der Waals surface area contributed by atoms with Crippen molar-refractivity contribution in [3.05, 3.63) is 105 Å². The molecule has 0 aliphatic heterocycles. The van der Waals surface area contributed by atoms with Crippen LogP contribution in [-0.2, 0) is 13.1 Å². The first-order valence-corrected chi connectivity index (χ1v) is 10.7. The van der Waals surface area contributed by atoms with Crippen molar-refractivity contribution in [1.82, 2.24) is 4.90 Å². The molecule has 3 aromatic carbocycles. The molecule has 160 valence electrons. The Morgan fingerprint density at radius 1 is 0.839 bits per heavy atom. The zero-order valence-corrected chi connectivity index (χ0v) is 18.8. The molecule has 0 saturated carbocycles. The average molecular weight is 456 g/mol. The van der Waals surface area contributed by atoms with E-state index in [1.165, 1.54) is 17.7 Å². The van der Waals surface area contributed by atoms with Crippen LogP contribution in [-0.4, -0.2) is 21.9 Å². The minimum absolute atomic E-state index is 0.0108. The third-order valence-corrected chi connectivity index (χ3v) is 5.77. The first-order valence-electron chi connectivity index (χ1n) is 9.90. The molecule has 31 heavy (non-hydrogen) atoms. The molecule has 0 radical (unpaired) electrons. The van der Waals surface area contributed by atoms with Crippen LogP contribution in [0.2, 0.25) is 10.0 Å². The van der Waals surface area contributed by atoms with E-state index in [0.29, 0.717) is 19.0 Å². The van der Waals surface area contributed by atoms with E-state index in [1.807, 2.05) is 54.6 Å². The SMILES string of the molecule is CC(C)c1ccc(CN(Cc2ccccc2)C(=O)c2cc(Cl)c(Cl)cc2C(=O)O)cc1. The Kier molecular flexibility index (Phi) is 7.37. The molecule has 3 aromatic rings. The van der Waals surface area contributed by atoms with E-state index in [-0.39, 0.29) is 21.2 Å². The average Bonchev–Trinajstić information content (AvgIpc) is 2.75. The van der Waals surface area contributed by atoms with Gasteiger partial charge >= 0.3 is 5.97 Å². The van der Waals surface area contributed by atoms with E-state index in [1.54, 1.807) is 4.90 Å². The third kappa shape index (κ3) is 5.66. The molecular formula is C25H23Cl2NO3. The smallest absolute Gasteiger partial charge is 0.336 e. The minimum atomic E-state index is -1.23. The standard InChI is InChI=1S/C25H23Cl2NO3/c1-16(2)19-10-8-18(9-11-19)15-28(14-17-6-4-3-5-7-17)24(29)20-12-22(26)23(27)13-21(20)25(30)31/h3-13,16H,14-15H2,1-2H3,(H,30,31). The maximum Gasteiger partial charge on any atom is 0.336 e. The second-order valence-corrected chi connectivity index (χ2v) is 8.47. The predicted molar refractivity (Wildman–Crippen MR) is 124 cm³/mol. The quantitative estimate of drug-likeness (QED) is 0.433. The van der Waals surface area contributed by atoms with Crippen molar-refractivity contribution in [3.8, 4) is 0 Å². The monoisotopic (exact) mass is 455 g/mol. The summed E-state index contributed by atoms with van der Waals surface area (Å²) < 4.78 is 0. The maximum absolute atomic E-state index is 13.5. The van der Waals surface area contributed by atoms with Gasteiger partial charge in [-0.3, -0.25) is 4.79 Å². The number of carboxylic acids is 1. The van der Waals surface area contributed by atoms with Gasteiger partial charge < -0.3 is 10.0 Å². The summed E-state index contributed by atoms with van der Waals surface area (Å²) in [6.45, 7) is 4.90. The number of halogens is 2. The highest BCUT2D eigenvalue weighted by molar-refractivity contribution is 6.42. The lowest BCUT2D eigenvalue weighted by molar-refractivity contribution is 0.0668. The molecule has 4 nitrogen and oxygen atoms in total. The Bertz CT molecular complexity index is 1080. The van der Waals surface area contributed by atoms with Gasteiger partial charge in [-0.15, -0.1) is 0 Å². The van der Waals surface area contributed by atoms with Crippen LogP contribution >= 0.6 is 23.2 Å². The van der Waals surface area contributed by atoms with Crippen molar-refractivity contribution in [2.24, 2.45) is 0 Å². The van der Waals surface area contributed by atoms with Crippen LogP contribution in [0.25, 0.3) is 0 Å².